The van der Waals surface area contributed by atoms with Crippen LogP contribution in [0.4, 0.5) is 5.69 Å². The molecule has 0 aliphatic carbocycles. The molecule has 2 unspecified atom stereocenters. The largest absolute Gasteiger partial charge is 0.497 e. The van der Waals surface area contributed by atoms with Gasteiger partial charge in [-0.1, -0.05) is 0 Å². The number of benzene rings is 1. The standard InChI is InChI=1S/C16H24N2O2/c1-12-10-17-8-4-5-13(17)11-18(12)15-7-6-14(19-2)9-16(15)20-3/h6-7,9,12-13H,4-5,8,10-11H2,1-3H3. The van der Waals surface area contributed by atoms with Gasteiger partial charge in [0.15, 0.2) is 0 Å². The molecule has 3 rings (SSSR count). The van der Waals surface area contributed by atoms with Gasteiger partial charge in [-0.3, -0.25) is 4.90 Å². The van der Waals surface area contributed by atoms with Crippen molar-refractivity contribution in [3.05, 3.63) is 18.2 Å². The van der Waals surface area contributed by atoms with Gasteiger partial charge in [-0.05, 0) is 38.4 Å². The molecule has 0 bridgehead atoms. The van der Waals surface area contributed by atoms with E-state index in [1.165, 1.54) is 25.1 Å². The molecule has 0 N–H and O–H groups in total. The molecule has 4 heteroatoms. The monoisotopic (exact) mass is 276 g/mol. The molecule has 20 heavy (non-hydrogen) atoms. The van der Waals surface area contributed by atoms with Crippen molar-refractivity contribution in [2.75, 3.05) is 38.8 Å². The van der Waals surface area contributed by atoms with E-state index >= 15 is 0 Å². The van der Waals surface area contributed by atoms with Crippen LogP contribution in [0.3, 0.4) is 0 Å². The third kappa shape index (κ3) is 2.33. The number of hydrogen-bond donors (Lipinski definition) is 0. The van der Waals surface area contributed by atoms with E-state index in [2.05, 4.69) is 22.8 Å². The van der Waals surface area contributed by atoms with Crippen LogP contribution >= 0.6 is 0 Å². The number of anilines is 1. The van der Waals surface area contributed by atoms with Crippen molar-refractivity contribution in [2.24, 2.45) is 0 Å². The molecule has 0 aromatic heterocycles. The normalized spacial score (nSPS) is 26.4. The topological polar surface area (TPSA) is 24.9 Å². The molecule has 2 heterocycles. The molecule has 2 saturated heterocycles. The van der Waals surface area contributed by atoms with Crippen LogP contribution in [0.15, 0.2) is 18.2 Å². The summed E-state index contributed by atoms with van der Waals surface area (Å²) in [5, 5.41) is 0. The van der Waals surface area contributed by atoms with Crippen molar-refractivity contribution in [2.45, 2.75) is 31.8 Å². The van der Waals surface area contributed by atoms with E-state index in [0.717, 1.165) is 24.6 Å². The maximum atomic E-state index is 5.57. The lowest BCUT2D eigenvalue weighted by molar-refractivity contribution is 0.202. The van der Waals surface area contributed by atoms with Gasteiger partial charge in [0.1, 0.15) is 11.5 Å². The smallest absolute Gasteiger partial charge is 0.145 e. The summed E-state index contributed by atoms with van der Waals surface area (Å²) >= 11 is 0. The van der Waals surface area contributed by atoms with Crippen molar-refractivity contribution in [1.82, 2.24) is 4.90 Å². The third-order valence-electron chi connectivity index (χ3n) is 4.63. The minimum atomic E-state index is 0.520. The van der Waals surface area contributed by atoms with Gasteiger partial charge in [-0.25, -0.2) is 0 Å². The SMILES string of the molecule is COc1ccc(N2CC3CCCN3CC2C)c(OC)c1. The minimum absolute atomic E-state index is 0.520. The highest BCUT2D eigenvalue weighted by Gasteiger charge is 2.35. The number of methoxy groups -OCH3 is 2. The Hall–Kier alpha value is -1.42. The molecule has 2 aliphatic heterocycles. The predicted molar refractivity (Wildman–Crippen MR) is 80.9 cm³/mol. The van der Waals surface area contributed by atoms with Crippen LogP contribution in [-0.4, -0.2) is 50.8 Å². The van der Waals surface area contributed by atoms with Gasteiger partial charge in [-0.2, -0.15) is 0 Å². The highest BCUT2D eigenvalue weighted by Crippen LogP contribution is 2.36. The summed E-state index contributed by atoms with van der Waals surface area (Å²) in [5.41, 5.74) is 1.19. The quantitative estimate of drug-likeness (QED) is 0.846. The Kier molecular flexibility index (Phi) is 3.74. The molecular weight excluding hydrogens is 252 g/mol. The summed E-state index contributed by atoms with van der Waals surface area (Å²) in [7, 11) is 3.42. The number of hydrogen-bond acceptors (Lipinski definition) is 4. The summed E-state index contributed by atoms with van der Waals surface area (Å²) in [4.78, 5) is 5.13. The Morgan fingerprint density at radius 1 is 1.15 bits per heavy atom. The number of rotatable bonds is 3. The molecule has 0 radical (unpaired) electrons. The van der Waals surface area contributed by atoms with Crippen molar-refractivity contribution < 1.29 is 9.47 Å². The molecular formula is C16H24N2O2. The highest BCUT2D eigenvalue weighted by atomic mass is 16.5. The van der Waals surface area contributed by atoms with E-state index in [-0.39, 0.29) is 0 Å². The lowest BCUT2D eigenvalue weighted by Crippen LogP contribution is -2.55. The van der Waals surface area contributed by atoms with Crippen LogP contribution in [0.2, 0.25) is 0 Å². The van der Waals surface area contributed by atoms with Gasteiger partial charge in [0.2, 0.25) is 0 Å². The average molecular weight is 276 g/mol. The zero-order valence-corrected chi connectivity index (χ0v) is 12.6. The van der Waals surface area contributed by atoms with Gasteiger partial charge in [0, 0.05) is 31.2 Å². The summed E-state index contributed by atoms with van der Waals surface area (Å²) in [5.74, 6) is 1.75. The Bertz CT molecular complexity index is 478. The van der Waals surface area contributed by atoms with Crippen LogP contribution in [0.1, 0.15) is 19.8 Å². The maximum absolute atomic E-state index is 5.57. The average Bonchev–Trinajstić information content (AvgIpc) is 2.92. The Balaban J connectivity index is 1.87. The molecule has 0 saturated carbocycles. The number of piperazine rings is 1. The van der Waals surface area contributed by atoms with E-state index < -0.39 is 0 Å². The molecule has 0 spiro atoms. The van der Waals surface area contributed by atoms with E-state index in [1.54, 1.807) is 14.2 Å². The summed E-state index contributed by atoms with van der Waals surface area (Å²) in [6.07, 6.45) is 2.66. The Labute approximate surface area is 121 Å². The zero-order valence-electron chi connectivity index (χ0n) is 12.6. The second-order valence-electron chi connectivity index (χ2n) is 5.83. The second kappa shape index (κ2) is 5.52. The first-order chi connectivity index (χ1) is 9.72. The van der Waals surface area contributed by atoms with Gasteiger partial charge < -0.3 is 14.4 Å². The summed E-state index contributed by atoms with van der Waals surface area (Å²) in [6, 6.07) is 7.35. The molecule has 0 amide bonds. The van der Waals surface area contributed by atoms with Crippen LogP contribution in [0, 0.1) is 0 Å². The van der Waals surface area contributed by atoms with Gasteiger partial charge in [-0.15, -0.1) is 0 Å². The summed E-state index contributed by atoms with van der Waals surface area (Å²) < 4.78 is 10.9. The fourth-order valence-corrected chi connectivity index (χ4v) is 3.55. The third-order valence-corrected chi connectivity index (χ3v) is 4.63. The van der Waals surface area contributed by atoms with Crippen LogP contribution in [-0.2, 0) is 0 Å². The molecule has 4 nitrogen and oxygen atoms in total. The van der Waals surface area contributed by atoms with E-state index in [1.807, 2.05) is 12.1 Å². The molecule has 2 atom stereocenters. The first-order valence-corrected chi connectivity index (χ1v) is 7.45. The minimum Gasteiger partial charge on any atom is -0.497 e. The van der Waals surface area contributed by atoms with Crippen molar-refractivity contribution in [1.29, 1.82) is 0 Å². The first kappa shape index (κ1) is 13.6. The molecule has 2 fully saturated rings. The number of ether oxygens (including phenoxy) is 2. The Morgan fingerprint density at radius 3 is 2.75 bits per heavy atom. The van der Waals surface area contributed by atoms with Crippen molar-refractivity contribution in [3.63, 3.8) is 0 Å². The zero-order chi connectivity index (χ0) is 14.1. The number of nitrogens with zero attached hydrogens (tertiary/aromatic N) is 2. The van der Waals surface area contributed by atoms with Crippen LogP contribution in [0.25, 0.3) is 0 Å². The van der Waals surface area contributed by atoms with Gasteiger partial charge in [0.05, 0.1) is 19.9 Å². The second-order valence-corrected chi connectivity index (χ2v) is 5.83. The first-order valence-electron chi connectivity index (χ1n) is 7.45. The van der Waals surface area contributed by atoms with Crippen LogP contribution in [0.5, 0.6) is 11.5 Å². The lowest BCUT2D eigenvalue weighted by atomic mass is 10.1. The van der Waals surface area contributed by atoms with E-state index in [9.17, 15) is 0 Å². The van der Waals surface area contributed by atoms with E-state index in [4.69, 9.17) is 9.47 Å². The van der Waals surface area contributed by atoms with Gasteiger partial charge >= 0.3 is 0 Å². The summed E-state index contributed by atoms with van der Waals surface area (Å²) in [6.45, 7) is 5.82. The molecule has 2 aliphatic rings. The van der Waals surface area contributed by atoms with Crippen LogP contribution < -0.4 is 14.4 Å². The molecule has 1 aromatic carbocycles. The Morgan fingerprint density at radius 2 is 2.00 bits per heavy atom. The fraction of sp³-hybridized carbons (Fsp3) is 0.625. The lowest BCUT2D eigenvalue weighted by Gasteiger charge is -2.44. The van der Waals surface area contributed by atoms with Gasteiger partial charge in [0.25, 0.3) is 0 Å². The van der Waals surface area contributed by atoms with Crippen molar-refractivity contribution in [3.8, 4) is 11.5 Å². The van der Waals surface area contributed by atoms with E-state index in [0.29, 0.717) is 12.1 Å². The molecule has 110 valence electrons. The molecule has 1 aromatic rings. The van der Waals surface area contributed by atoms with Crippen molar-refractivity contribution >= 4 is 5.69 Å². The highest BCUT2D eigenvalue weighted by molar-refractivity contribution is 5.62. The maximum Gasteiger partial charge on any atom is 0.145 e. The number of fused-ring (bicyclic) bond motifs is 1. The predicted octanol–water partition coefficient (Wildman–Crippen LogP) is 2.38. The fourth-order valence-electron chi connectivity index (χ4n) is 3.55.